The molecule has 3 rings (SSSR count). The summed E-state index contributed by atoms with van der Waals surface area (Å²) in [4.78, 5) is 0. The van der Waals surface area contributed by atoms with Crippen molar-refractivity contribution in [2.45, 2.75) is 6.04 Å². The summed E-state index contributed by atoms with van der Waals surface area (Å²) < 4.78 is 15.8. The average molecular weight is 302 g/mol. The molecule has 1 atom stereocenters. The topological polar surface area (TPSA) is 43.8 Å². The highest BCUT2D eigenvalue weighted by Crippen LogP contribution is 2.27. The predicted octanol–water partition coefficient (Wildman–Crippen LogP) is 3.71. The van der Waals surface area contributed by atoms with Gasteiger partial charge in [-0.25, -0.2) is 9.07 Å². The number of hydrogen-bond acceptors (Lipinski definition) is 2. The lowest BCUT2D eigenvalue weighted by Crippen LogP contribution is -2.18. The molecule has 2 N–H and O–H groups in total. The maximum absolute atomic E-state index is 14.1. The number of rotatable bonds is 3. The van der Waals surface area contributed by atoms with Gasteiger partial charge in [-0.1, -0.05) is 41.9 Å². The smallest absolute Gasteiger partial charge is 0.146 e. The molecule has 0 saturated heterocycles. The molecule has 106 valence electrons. The van der Waals surface area contributed by atoms with Gasteiger partial charge in [-0.05, 0) is 24.3 Å². The van der Waals surface area contributed by atoms with Gasteiger partial charge in [0.15, 0.2) is 0 Å². The molecule has 0 aliphatic carbocycles. The molecule has 0 aliphatic heterocycles. The number of nitrogens with zero attached hydrogens (tertiary/aromatic N) is 2. The lowest BCUT2D eigenvalue weighted by atomic mass is 10.0. The normalized spacial score (nSPS) is 12.3. The third-order valence-corrected chi connectivity index (χ3v) is 3.60. The third kappa shape index (κ3) is 2.55. The second-order valence-corrected chi connectivity index (χ2v) is 5.03. The van der Waals surface area contributed by atoms with Crippen molar-refractivity contribution < 1.29 is 4.39 Å². The van der Waals surface area contributed by atoms with Crippen LogP contribution in [0.4, 0.5) is 4.39 Å². The molecular weight excluding hydrogens is 289 g/mol. The number of para-hydroxylation sites is 1. The third-order valence-electron chi connectivity index (χ3n) is 3.31. The minimum absolute atomic E-state index is 0.0636. The van der Waals surface area contributed by atoms with Crippen LogP contribution in [0.15, 0.2) is 60.8 Å². The van der Waals surface area contributed by atoms with Crippen molar-refractivity contribution in [3.8, 4) is 5.69 Å². The highest BCUT2D eigenvalue weighted by atomic mass is 35.5. The molecular formula is C16H13ClFN3. The molecule has 0 aliphatic rings. The summed E-state index contributed by atoms with van der Waals surface area (Å²) in [5, 5.41) is 4.33. The van der Waals surface area contributed by atoms with Gasteiger partial charge in [0.2, 0.25) is 0 Å². The second-order valence-electron chi connectivity index (χ2n) is 4.62. The molecule has 0 saturated carbocycles. The number of nitrogens with two attached hydrogens (primary N) is 1. The quantitative estimate of drug-likeness (QED) is 0.801. The standard InChI is InChI=1S/C16H13ClFN3/c17-13-8-4-7-12(15(13)18)16(19)14-9-10-20-21(14)11-5-2-1-3-6-11/h1-10,16H,19H2. The number of hydrogen-bond donors (Lipinski definition) is 1. The Morgan fingerprint density at radius 3 is 2.57 bits per heavy atom. The number of aromatic nitrogens is 2. The van der Waals surface area contributed by atoms with Gasteiger partial charge in [-0.3, -0.25) is 0 Å². The molecule has 1 aromatic heterocycles. The molecule has 0 spiro atoms. The van der Waals surface area contributed by atoms with Gasteiger partial charge in [-0.15, -0.1) is 0 Å². The van der Waals surface area contributed by atoms with Crippen LogP contribution in [0.3, 0.4) is 0 Å². The molecule has 1 heterocycles. The molecule has 3 aromatic rings. The van der Waals surface area contributed by atoms with Crippen LogP contribution in [-0.4, -0.2) is 9.78 Å². The van der Waals surface area contributed by atoms with E-state index in [-0.39, 0.29) is 5.02 Å². The van der Waals surface area contributed by atoms with Gasteiger partial charge in [0.25, 0.3) is 0 Å². The van der Waals surface area contributed by atoms with Gasteiger partial charge >= 0.3 is 0 Å². The maximum atomic E-state index is 14.1. The van der Waals surface area contributed by atoms with Crippen molar-refractivity contribution in [2.75, 3.05) is 0 Å². The minimum atomic E-state index is -0.647. The minimum Gasteiger partial charge on any atom is -0.319 e. The van der Waals surface area contributed by atoms with Crippen LogP contribution in [0, 0.1) is 5.82 Å². The van der Waals surface area contributed by atoms with Crippen molar-refractivity contribution in [3.63, 3.8) is 0 Å². The Kier molecular flexibility index (Phi) is 3.73. The summed E-state index contributed by atoms with van der Waals surface area (Å²) in [5.74, 6) is -0.493. The summed E-state index contributed by atoms with van der Waals surface area (Å²) >= 11 is 5.82. The SMILES string of the molecule is NC(c1cccc(Cl)c1F)c1ccnn1-c1ccccc1. The molecule has 1 unspecified atom stereocenters. The van der Waals surface area contributed by atoms with Crippen molar-refractivity contribution in [3.05, 3.63) is 82.9 Å². The second kappa shape index (κ2) is 5.68. The van der Waals surface area contributed by atoms with Crippen molar-refractivity contribution >= 4 is 11.6 Å². The Hall–Kier alpha value is -2.17. The van der Waals surface area contributed by atoms with Gasteiger partial charge in [0.05, 0.1) is 22.4 Å². The lowest BCUT2D eigenvalue weighted by Gasteiger charge is -2.16. The maximum Gasteiger partial charge on any atom is 0.146 e. The number of benzene rings is 2. The zero-order valence-corrected chi connectivity index (χ0v) is 11.8. The lowest BCUT2D eigenvalue weighted by molar-refractivity contribution is 0.593. The summed E-state index contributed by atoms with van der Waals surface area (Å²) in [5.41, 5.74) is 8.12. The Labute approximate surface area is 126 Å². The molecule has 0 radical (unpaired) electrons. The van der Waals surface area contributed by atoms with E-state index in [0.717, 1.165) is 5.69 Å². The van der Waals surface area contributed by atoms with Crippen LogP contribution in [-0.2, 0) is 0 Å². The highest BCUT2D eigenvalue weighted by molar-refractivity contribution is 6.30. The van der Waals surface area contributed by atoms with Crippen LogP contribution in [0.1, 0.15) is 17.3 Å². The largest absolute Gasteiger partial charge is 0.319 e. The van der Waals surface area contributed by atoms with Gasteiger partial charge in [0.1, 0.15) is 5.82 Å². The van der Waals surface area contributed by atoms with Crippen molar-refractivity contribution in [1.29, 1.82) is 0 Å². The fourth-order valence-electron chi connectivity index (χ4n) is 2.25. The van der Waals surface area contributed by atoms with E-state index in [9.17, 15) is 4.39 Å². The molecule has 21 heavy (non-hydrogen) atoms. The van der Waals surface area contributed by atoms with Crippen LogP contribution in [0.5, 0.6) is 0 Å². The van der Waals surface area contributed by atoms with Crippen LogP contribution < -0.4 is 5.73 Å². The Bertz CT molecular complexity index is 755. The van der Waals surface area contributed by atoms with E-state index in [1.165, 1.54) is 6.07 Å². The fraction of sp³-hybridized carbons (Fsp3) is 0.0625. The molecule has 5 heteroatoms. The zero-order valence-electron chi connectivity index (χ0n) is 11.1. The van der Waals surface area contributed by atoms with Gasteiger partial charge in [-0.2, -0.15) is 5.10 Å². The summed E-state index contributed by atoms with van der Waals surface area (Å²) in [7, 11) is 0. The predicted molar refractivity (Wildman–Crippen MR) is 81.0 cm³/mol. The van der Waals surface area contributed by atoms with E-state index in [1.54, 1.807) is 29.1 Å². The van der Waals surface area contributed by atoms with Crippen molar-refractivity contribution in [2.24, 2.45) is 5.73 Å². The summed E-state index contributed by atoms with van der Waals surface area (Å²) in [6.45, 7) is 0. The van der Waals surface area contributed by atoms with Gasteiger partial charge in [0, 0.05) is 11.8 Å². The average Bonchev–Trinajstić information content (AvgIpc) is 3.00. The van der Waals surface area contributed by atoms with Gasteiger partial charge < -0.3 is 5.73 Å². The van der Waals surface area contributed by atoms with Crippen molar-refractivity contribution in [1.82, 2.24) is 9.78 Å². The molecule has 0 amide bonds. The van der Waals surface area contributed by atoms with E-state index >= 15 is 0 Å². The fourth-order valence-corrected chi connectivity index (χ4v) is 2.44. The van der Waals surface area contributed by atoms with E-state index in [1.807, 2.05) is 30.3 Å². The van der Waals surface area contributed by atoms with Crippen LogP contribution >= 0.6 is 11.6 Å². The highest BCUT2D eigenvalue weighted by Gasteiger charge is 2.19. The molecule has 3 nitrogen and oxygen atoms in total. The Morgan fingerprint density at radius 1 is 1.05 bits per heavy atom. The van der Waals surface area contributed by atoms with Crippen LogP contribution in [0.2, 0.25) is 5.02 Å². The Morgan fingerprint density at radius 2 is 1.81 bits per heavy atom. The molecule has 2 aromatic carbocycles. The van der Waals surface area contributed by atoms with E-state index in [2.05, 4.69) is 5.10 Å². The summed E-state index contributed by atoms with van der Waals surface area (Å²) in [6.07, 6.45) is 1.64. The first-order chi connectivity index (χ1) is 10.2. The van der Waals surface area contributed by atoms with Crippen LogP contribution in [0.25, 0.3) is 5.69 Å². The molecule has 0 bridgehead atoms. The first-order valence-corrected chi connectivity index (χ1v) is 6.85. The monoisotopic (exact) mass is 301 g/mol. The van der Waals surface area contributed by atoms with E-state index in [0.29, 0.717) is 11.3 Å². The van der Waals surface area contributed by atoms with E-state index in [4.69, 9.17) is 17.3 Å². The first kappa shape index (κ1) is 13.8. The zero-order chi connectivity index (χ0) is 14.8. The van der Waals surface area contributed by atoms with E-state index < -0.39 is 11.9 Å². The first-order valence-electron chi connectivity index (χ1n) is 6.47. The Balaban J connectivity index is 2.06. The summed E-state index contributed by atoms with van der Waals surface area (Å²) in [6, 6.07) is 15.5. The number of halogens is 2. The molecule has 0 fully saturated rings.